The number of alkyl halides is 3. The molecule has 1 N–H and O–H groups in total. The zero-order valence-corrected chi connectivity index (χ0v) is 11.5. The molecule has 0 radical (unpaired) electrons. The summed E-state index contributed by atoms with van der Waals surface area (Å²) in [4.78, 5) is 8.06. The van der Waals surface area contributed by atoms with Crippen LogP contribution in [0.5, 0.6) is 5.75 Å². The Morgan fingerprint density at radius 1 is 1.30 bits per heavy atom. The summed E-state index contributed by atoms with van der Waals surface area (Å²) in [6.07, 6.45) is -4.02. The Labute approximate surface area is 115 Å². The van der Waals surface area contributed by atoms with Gasteiger partial charge >= 0.3 is 6.36 Å². The maximum absolute atomic E-state index is 12.3. The second kappa shape index (κ2) is 6.93. The molecule has 0 fully saturated rings. The fourth-order valence-corrected chi connectivity index (χ4v) is 1.30. The predicted octanol–water partition coefficient (Wildman–Crippen LogP) is 3.85. The smallest absolute Gasteiger partial charge is 0.404 e. The van der Waals surface area contributed by atoms with Crippen molar-refractivity contribution in [2.75, 3.05) is 12.4 Å². The molecular formula is C13H16F3N3O. The highest BCUT2D eigenvalue weighted by Gasteiger charge is 2.32. The molecule has 7 heteroatoms. The molecule has 0 saturated carbocycles. The predicted molar refractivity (Wildman–Crippen MR) is 73.5 cm³/mol. The zero-order valence-electron chi connectivity index (χ0n) is 11.5. The molecule has 0 atom stereocenters. The van der Waals surface area contributed by atoms with Crippen LogP contribution in [-0.2, 0) is 0 Å². The molecule has 0 aliphatic heterocycles. The van der Waals surface area contributed by atoms with Gasteiger partial charge in [0.15, 0.2) is 5.75 Å². The van der Waals surface area contributed by atoms with Crippen molar-refractivity contribution < 1.29 is 17.9 Å². The van der Waals surface area contributed by atoms with Crippen molar-refractivity contribution >= 4 is 17.4 Å². The lowest BCUT2D eigenvalue weighted by molar-refractivity contribution is -0.274. The number of guanidine groups is 1. The topological polar surface area (TPSA) is 46.0 Å². The minimum Gasteiger partial charge on any atom is -0.404 e. The van der Waals surface area contributed by atoms with Crippen molar-refractivity contribution in [3.05, 3.63) is 24.3 Å². The van der Waals surface area contributed by atoms with E-state index in [1.54, 1.807) is 6.07 Å². The van der Waals surface area contributed by atoms with Gasteiger partial charge in [-0.3, -0.25) is 4.99 Å². The van der Waals surface area contributed by atoms with Gasteiger partial charge in [-0.15, -0.1) is 13.2 Å². The lowest BCUT2D eigenvalue weighted by atomic mass is 10.3. The van der Waals surface area contributed by atoms with Crippen LogP contribution in [0.25, 0.3) is 0 Å². The summed E-state index contributed by atoms with van der Waals surface area (Å²) in [5, 5.41) is 2.72. The Bertz CT molecular complexity index is 510. The van der Waals surface area contributed by atoms with Crippen LogP contribution >= 0.6 is 0 Å². The second-order valence-electron chi connectivity index (χ2n) is 3.92. The number of rotatable bonds is 3. The lowest BCUT2D eigenvalue weighted by Crippen LogP contribution is -2.19. The SMILES string of the molecule is CC/C(C)=N\C(=NC)Nc1ccccc1OC(F)(F)F. The van der Waals surface area contributed by atoms with Gasteiger partial charge in [0, 0.05) is 12.8 Å². The molecule has 0 saturated heterocycles. The molecule has 0 aliphatic carbocycles. The van der Waals surface area contributed by atoms with E-state index >= 15 is 0 Å². The van der Waals surface area contributed by atoms with E-state index in [2.05, 4.69) is 20.0 Å². The van der Waals surface area contributed by atoms with Gasteiger partial charge in [-0.1, -0.05) is 19.1 Å². The van der Waals surface area contributed by atoms with Gasteiger partial charge in [-0.05, 0) is 25.5 Å². The highest BCUT2D eigenvalue weighted by Crippen LogP contribution is 2.29. The van der Waals surface area contributed by atoms with E-state index < -0.39 is 6.36 Å². The molecule has 0 aliphatic rings. The van der Waals surface area contributed by atoms with E-state index in [0.29, 0.717) is 0 Å². The summed E-state index contributed by atoms with van der Waals surface area (Å²) in [6, 6.07) is 5.73. The quantitative estimate of drug-likeness (QED) is 0.678. The standard InChI is InChI=1S/C13H16F3N3O/c1-4-9(2)18-12(17-3)19-10-7-5-6-8-11(10)20-13(14,15)16/h5-8H,4H2,1-3H3,(H,17,19)/b18-9-. The van der Waals surface area contributed by atoms with Gasteiger partial charge in [-0.2, -0.15) is 0 Å². The molecular weight excluding hydrogens is 271 g/mol. The van der Waals surface area contributed by atoms with Gasteiger partial charge in [0.1, 0.15) is 0 Å². The Balaban J connectivity index is 2.97. The van der Waals surface area contributed by atoms with Crippen molar-refractivity contribution in [2.45, 2.75) is 26.6 Å². The van der Waals surface area contributed by atoms with E-state index in [0.717, 1.165) is 12.1 Å². The summed E-state index contributed by atoms with van der Waals surface area (Å²) >= 11 is 0. The third-order valence-corrected chi connectivity index (χ3v) is 2.38. The average Bonchev–Trinajstić information content (AvgIpc) is 2.38. The largest absolute Gasteiger partial charge is 0.573 e. The number of para-hydroxylation sites is 2. The maximum Gasteiger partial charge on any atom is 0.573 e. The summed E-state index contributed by atoms with van der Waals surface area (Å²) in [6.45, 7) is 3.73. The molecule has 1 aromatic carbocycles. The van der Waals surface area contributed by atoms with Crippen molar-refractivity contribution in [1.82, 2.24) is 0 Å². The summed E-state index contributed by atoms with van der Waals surface area (Å²) < 4.78 is 40.8. The van der Waals surface area contributed by atoms with Crippen LogP contribution in [0.15, 0.2) is 34.3 Å². The van der Waals surface area contributed by atoms with E-state index in [-0.39, 0.29) is 17.4 Å². The van der Waals surface area contributed by atoms with E-state index in [1.165, 1.54) is 25.2 Å². The first-order valence-electron chi connectivity index (χ1n) is 5.98. The third-order valence-electron chi connectivity index (χ3n) is 2.38. The Kier molecular flexibility index (Phi) is 5.54. The zero-order chi connectivity index (χ0) is 15.2. The first kappa shape index (κ1) is 16.0. The normalized spacial score (nSPS) is 13.3. The monoisotopic (exact) mass is 287 g/mol. The van der Waals surface area contributed by atoms with E-state index in [1.807, 2.05) is 13.8 Å². The van der Waals surface area contributed by atoms with Crippen molar-refractivity contribution in [1.29, 1.82) is 0 Å². The minimum absolute atomic E-state index is 0.151. The summed E-state index contributed by atoms with van der Waals surface area (Å²) in [5.41, 5.74) is 0.963. The molecule has 20 heavy (non-hydrogen) atoms. The number of halogens is 3. The highest BCUT2D eigenvalue weighted by atomic mass is 19.4. The summed E-state index contributed by atoms with van der Waals surface area (Å²) in [7, 11) is 1.50. The van der Waals surface area contributed by atoms with Crippen LogP contribution in [0.1, 0.15) is 20.3 Å². The maximum atomic E-state index is 12.3. The number of aliphatic imine (C=N–C) groups is 2. The Hall–Kier alpha value is -2.05. The van der Waals surface area contributed by atoms with E-state index in [9.17, 15) is 13.2 Å². The number of nitrogens with one attached hydrogen (secondary N) is 1. The minimum atomic E-state index is -4.75. The molecule has 0 aromatic heterocycles. The van der Waals surface area contributed by atoms with Crippen molar-refractivity contribution in [3.63, 3.8) is 0 Å². The lowest BCUT2D eigenvalue weighted by Gasteiger charge is -2.14. The van der Waals surface area contributed by atoms with Crippen LogP contribution in [0.2, 0.25) is 0 Å². The second-order valence-corrected chi connectivity index (χ2v) is 3.92. The highest BCUT2D eigenvalue weighted by molar-refractivity contribution is 6.03. The fourth-order valence-electron chi connectivity index (χ4n) is 1.30. The Morgan fingerprint density at radius 3 is 2.50 bits per heavy atom. The summed E-state index contributed by atoms with van der Waals surface area (Å²) in [5.74, 6) is -0.104. The number of anilines is 1. The van der Waals surface area contributed by atoms with Crippen LogP contribution in [0.4, 0.5) is 18.9 Å². The van der Waals surface area contributed by atoms with Crippen LogP contribution in [0, 0.1) is 0 Å². The molecule has 1 aromatic rings. The number of nitrogens with zero attached hydrogens (tertiary/aromatic N) is 2. The van der Waals surface area contributed by atoms with Crippen molar-refractivity contribution in [3.8, 4) is 5.75 Å². The fraction of sp³-hybridized carbons (Fsp3) is 0.385. The first-order valence-corrected chi connectivity index (χ1v) is 5.98. The molecule has 0 unspecified atom stereocenters. The third kappa shape index (κ3) is 5.29. The molecule has 4 nitrogen and oxygen atoms in total. The number of hydrogen-bond acceptors (Lipinski definition) is 2. The molecule has 0 bridgehead atoms. The molecule has 0 spiro atoms. The van der Waals surface area contributed by atoms with Crippen LogP contribution in [0.3, 0.4) is 0 Å². The Morgan fingerprint density at radius 2 is 1.95 bits per heavy atom. The van der Waals surface area contributed by atoms with Gasteiger partial charge in [0.2, 0.25) is 5.96 Å². The van der Waals surface area contributed by atoms with Crippen molar-refractivity contribution in [2.24, 2.45) is 9.98 Å². The molecule has 0 amide bonds. The average molecular weight is 287 g/mol. The van der Waals surface area contributed by atoms with Crippen LogP contribution < -0.4 is 10.1 Å². The number of ether oxygens (including phenoxy) is 1. The first-order chi connectivity index (χ1) is 9.35. The van der Waals surface area contributed by atoms with Gasteiger partial charge in [0.25, 0.3) is 0 Å². The van der Waals surface area contributed by atoms with Gasteiger partial charge in [0.05, 0.1) is 5.69 Å². The van der Waals surface area contributed by atoms with Crippen LogP contribution in [-0.4, -0.2) is 25.1 Å². The van der Waals surface area contributed by atoms with Gasteiger partial charge < -0.3 is 10.1 Å². The number of hydrogen-bond donors (Lipinski definition) is 1. The number of benzene rings is 1. The van der Waals surface area contributed by atoms with Gasteiger partial charge in [-0.25, -0.2) is 4.99 Å². The van der Waals surface area contributed by atoms with E-state index in [4.69, 9.17) is 0 Å². The molecule has 110 valence electrons. The molecule has 0 heterocycles. The molecule has 1 rings (SSSR count).